The van der Waals surface area contributed by atoms with E-state index in [1.807, 2.05) is 35.8 Å². The molecule has 1 heterocycles. The van der Waals surface area contributed by atoms with Crippen LogP contribution in [0.25, 0.3) is 11.0 Å². The summed E-state index contributed by atoms with van der Waals surface area (Å²) < 4.78 is 15.8. The molecule has 5 heteroatoms. The molecule has 0 saturated heterocycles. The Kier molecular flexibility index (Phi) is 3.36. The molecule has 1 N–H and O–H groups in total. The van der Waals surface area contributed by atoms with Gasteiger partial charge in [-0.15, -0.1) is 0 Å². The lowest BCUT2D eigenvalue weighted by Crippen LogP contribution is -2.06. The highest BCUT2D eigenvalue weighted by Crippen LogP contribution is 2.26. The van der Waals surface area contributed by atoms with Crippen molar-refractivity contribution in [2.45, 2.75) is 13.0 Å². The number of aromatic amines is 1. The van der Waals surface area contributed by atoms with Crippen molar-refractivity contribution >= 4 is 34.9 Å². The Bertz CT molecular complexity index is 837. The van der Waals surface area contributed by atoms with Crippen LogP contribution in [-0.2, 0) is 0 Å². The molecular weight excluding hydrogens is 295 g/mol. The van der Waals surface area contributed by atoms with Crippen LogP contribution in [0.15, 0.2) is 42.5 Å². The normalized spacial score (nSPS) is 12.8. The molecule has 0 saturated carbocycles. The van der Waals surface area contributed by atoms with Gasteiger partial charge < -0.3 is 9.55 Å². The van der Waals surface area contributed by atoms with Crippen LogP contribution in [0.1, 0.15) is 18.5 Å². The number of benzene rings is 2. The van der Waals surface area contributed by atoms with Crippen LogP contribution < -0.4 is 0 Å². The van der Waals surface area contributed by atoms with Crippen molar-refractivity contribution < 1.29 is 4.39 Å². The second-order valence-electron chi connectivity index (χ2n) is 4.69. The number of hydrogen-bond donors (Lipinski definition) is 1. The second-order valence-corrected chi connectivity index (χ2v) is 5.52. The van der Waals surface area contributed by atoms with Gasteiger partial charge in [-0.2, -0.15) is 0 Å². The van der Waals surface area contributed by atoms with E-state index in [4.69, 9.17) is 23.8 Å². The number of fused-ring (bicyclic) bond motifs is 1. The van der Waals surface area contributed by atoms with Crippen molar-refractivity contribution in [1.82, 2.24) is 9.55 Å². The first kappa shape index (κ1) is 13.3. The topological polar surface area (TPSA) is 20.7 Å². The number of hydrogen-bond acceptors (Lipinski definition) is 1. The number of H-pyrrole nitrogens is 1. The Balaban J connectivity index is 2.19. The lowest BCUT2D eigenvalue weighted by molar-refractivity contribution is 0.628. The maximum absolute atomic E-state index is 13.3. The summed E-state index contributed by atoms with van der Waals surface area (Å²) in [6.45, 7) is 2.04. The quantitative estimate of drug-likeness (QED) is 0.653. The fourth-order valence-electron chi connectivity index (χ4n) is 2.40. The van der Waals surface area contributed by atoms with Gasteiger partial charge in [0.1, 0.15) is 5.82 Å². The van der Waals surface area contributed by atoms with E-state index in [2.05, 4.69) is 4.98 Å². The SMILES string of the molecule is CC(c1cccc(Cl)c1)n1c(=S)[nH]c2cc(F)ccc21. The molecule has 2 nitrogen and oxygen atoms in total. The van der Waals surface area contributed by atoms with E-state index in [1.54, 1.807) is 6.07 Å². The van der Waals surface area contributed by atoms with Crippen LogP contribution in [0.4, 0.5) is 4.39 Å². The lowest BCUT2D eigenvalue weighted by atomic mass is 10.1. The molecule has 0 fully saturated rings. The van der Waals surface area contributed by atoms with Crippen molar-refractivity contribution in [1.29, 1.82) is 0 Å². The summed E-state index contributed by atoms with van der Waals surface area (Å²) in [5.74, 6) is -0.281. The number of imidazole rings is 1. The van der Waals surface area contributed by atoms with Gasteiger partial charge in [0.2, 0.25) is 0 Å². The van der Waals surface area contributed by atoms with Crippen molar-refractivity contribution in [2.75, 3.05) is 0 Å². The van der Waals surface area contributed by atoms with E-state index in [1.165, 1.54) is 12.1 Å². The average molecular weight is 307 g/mol. The fraction of sp³-hybridized carbons (Fsp3) is 0.133. The maximum atomic E-state index is 13.3. The van der Waals surface area contributed by atoms with Crippen molar-refractivity contribution in [3.63, 3.8) is 0 Å². The smallest absolute Gasteiger partial charge is 0.178 e. The average Bonchev–Trinajstić information content (AvgIpc) is 2.73. The highest BCUT2D eigenvalue weighted by atomic mass is 35.5. The molecule has 0 aliphatic heterocycles. The number of rotatable bonds is 2. The summed E-state index contributed by atoms with van der Waals surface area (Å²) in [7, 11) is 0. The number of nitrogens with one attached hydrogen (secondary N) is 1. The predicted molar refractivity (Wildman–Crippen MR) is 82.3 cm³/mol. The predicted octanol–water partition coefficient (Wildman–Crippen LogP) is 5.10. The zero-order valence-electron chi connectivity index (χ0n) is 10.7. The molecule has 3 aromatic rings. The molecule has 2 aromatic carbocycles. The molecule has 1 aromatic heterocycles. The number of halogens is 2. The van der Waals surface area contributed by atoms with Gasteiger partial charge in [0.25, 0.3) is 0 Å². The Morgan fingerprint density at radius 2 is 2.05 bits per heavy atom. The van der Waals surface area contributed by atoms with Crippen LogP contribution in [-0.4, -0.2) is 9.55 Å². The Labute approximate surface area is 125 Å². The summed E-state index contributed by atoms with van der Waals surface area (Å²) in [5, 5.41) is 0.687. The molecule has 0 spiro atoms. The zero-order chi connectivity index (χ0) is 14.3. The van der Waals surface area contributed by atoms with E-state index < -0.39 is 0 Å². The van der Waals surface area contributed by atoms with Crippen molar-refractivity contribution in [2.24, 2.45) is 0 Å². The highest BCUT2D eigenvalue weighted by Gasteiger charge is 2.13. The minimum atomic E-state index is -0.281. The van der Waals surface area contributed by atoms with Gasteiger partial charge in [-0.05, 0) is 55.0 Å². The van der Waals surface area contributed by atoms with Gasteiger partial charge in [-0.3, -0.25) is 0 Å². The van der Waals surface area contributed by atoms with Crippen LogP contribution in [0.2, 0.25) is 5.02 Å². The summed E-state index contributed by atoms with van der Waals surface area (Å²) in [6, 6.07) is 12.3. The van der Waals surface area contributed by atoms with Crippen LogP contribution in [0, 0.1) is 10.6 Å². The summed E-state index contributed by atoms with van der Waals surface area (Å²) in [6.07, 6.45) is 0. The number of nitrogens with zero attached hydrogens (tertiary/aromatic N) is 1. The summed E-state index contributed by atoms with van der Waals surface area (Å²) >= 11 is 11.4. The highest BCUT2D eigenvalue weighted by molar-refractivity contribution is 7.71. The van der Waals surface area contributed by atoms with Gasteiger partial charge in [0.05, 0.1) is 17.1 Å². The third-order valence-electron chi connectivity index (χ3n) is 3.40. The van der Waals surface area contributed by atoms with Gasteiger partial charge >= 0.3 is 0 Å². The molecule has 20 heavy (non-hydrogen) atoms. The Morgan fingerprint density at radius 1 is 1.25 bits per heavy atom. The van der Waals surface area contributed by atoms with Gasteiger partial charge in [-0.25, -0.2) is 4.39 Å². The van der Waals surface area contributed by atoms with Crippen molar-refractivity contribution in [3.05, 3.63) is 63.6 Å². The first-order valence-electron chi connectivity index (χ1n) is 6.21. The number of aromatic nitrogens is 2. The molecule has 0 aliphatic rings. The van der Waals surface area contributed by atoms with E-state index in [0.717, 1.165) is 11.1 Å². The second kappa shape index (κ2) is 5.04. The minimum absolute atomic E-state index is 0.0143. The van der Waals surface area contributed by atoms with Crippen LogP contribution in [0.5, 0.6) is 0 Å². The lowest BCUT2D eigenvalue weighted by Gasteiger charge is -2.15. The molecule has 0 amide bonds. The van der Waals surface area contributed by atoms with Crippen molar-refractivity contribution in [3.8, 4) is 0 Å². The molecule has 3 rings (SSSR count). The van der Waals surface area contributed by atoms with Crippen LogP contribution >= 0.6 is 23.8 Å². The van der Waals surface area contributed by atoms with Crippen LogP contribution in [0.3, 0.4) is 0 Å². The summed E-state index contributed by atoms with van der Waals surface area (Å²) in [4.78, 5) is 3.04. The summed E-state index contributed by atoms with van der Waals surface area (Å²) in [5.41, 5.74) is 2.63. The molecule has 102 valence electrons. The van der Waals surface area contributed by atoms with Gasteiger partial charge in [-0.1, -0.05) is 23.7 Å². The molecule has 0 bridgehead atoms. The third-order valence-corrected chi connectivity index (χ3v) is 3.93. The van der Waals surface area contributed by atoms with E-state index in [0.29, 0.717) is 15.3 Å². The van der Waals surface area contributed by atoms with Gasteiger partial charge in [0, 0.05) is 5.02 Å². The van der Waals surface area contributed by atoms with Gasteiger partial charge in [0.15, 0.2) is 4.77 Å². The first-order chi connectivity index (χ1) is 9.56. The first-order valence-corrected chi connectivity index (χ1v) is 7.00. The van der Waals surface area contributed by atoms with E-state index in [9.17, 15) is 4.39 Å². The Hall–Kier alpha value is -1.65. The fourth-order valence-corrected chi connectivity index (χ4v) is 2.97. The molecular formula is C15H12ClFN2S. The third kappa shape index (κ3) is 2.25. The zero-order valence-corrected chi connectivity index (χ0v) is 12.3. The molecule has 1 unspecified atom stereocenters. The maximum Gasteiger partial charge on any atom is 0.178 e. The monoisotopic (exact) mass is 306 g/mol. The Morgan fingerprint density at radius 3 is 2.80 bits per heavy atom. The standard InChI is InChI=1S/C15H12ClFN2S/c1-9(10-3-2-4-11(16)7-10)19-14-6-5-12(17)8-13(14)18-15(19)20/h2-9H,1H3,(H,18,20). The minimum Gasteiger partial charge on any atom is -0.330 e. The molecule has 0 radical (unpaired) electrons. The molecule has 1 atom stereocenters. The largest absolute Gasteiger partial charge is 0.330 e. The van der Waals surface area contributed by atoms with E-state index >= 15 is 0 Å². The van der Waals surface area contributed by atoms with E-state index in [-0.39, 0.29) is 11.9 Å². The molecule has 0 aliphatic carbocycles.